The second kappa shape index (κ2) is 8.34. The first-order chi connectivity index (χ1) is 9.04. The standard InChI is InChI=1S/C17H30N2/c1-5-18-12-6-7-13-19-14-15-8-10-16(11-9-15)17(2,3)4/h8-11,18-19H,5-7,12-14H2,1-4H3. The highest BCUT2D eigenvalue weighted by molar-refractivity contribution is 5.27. The fourth-order valence-corrected chi connectivity index (χ4v) is 2.03. The molecule has 0 saturated heterocycles. The zero-order valence-electron chi connectivity index (χ0n) is 13.1. The highest BCUT2D eigenvalue weighted by Gasteiger charge is 2.12. The zero-order chi connectivity index (χ0) is 14.1. The lowest BCUT2D eigenvalue weighted by Gasteiger charge is -2.19. The van der Waals surface area contributed by atoms with Crippen LogP contribution in [0.15, 0.2) is 24.3 Å². The van der Waals surface area contributed by atoms with Crippen molar-refractivity contribution in [3.8, 4) is 0 Å². The molecule has 1 aromatic rings. The van der Waals surface area contributed by atoms with E-state index in [0.29, 0.717) is 0 Å². The van der Waals surface area contributed by atoms with Gasteiger partial charge in [0.05, 0.1) is 0 Å². The molecule has 1 aromatic carbocycles. The monoisotopic (exact) mass is 262 g/mol. The van der Waals surface area contributed by atoms with Gasteiger partial charge in [-0.3, -0.25) is 0 Å². The van der Waals surface area contributed by atoms with Crippen LogP contribution in [0, 0.1) is 0 Å². The Hall–Kier alpha value is -0.860. The lowest BCUT2D eigenvalue weighted by molar-refractivity contribution is 0.585. The second-order valence-electron chi connectivity index (χ2n) is 6.18. The van der Waals surface area contributed by atoms with Gasteiger partial charge in [0.2, 0.25) is 0 Å². The summed E-state index contributed by atoms with van der Waals surface area (Å²) in [4.78, 5) is 0. The van der Waals surface area contributed by atoms with Crippen molar-refractivity contribution in [2.75, 3.05) is 19.6 Å². The summed E-state index contributed by atoms with van der Waals surface area (Å²) < 4.78 is 0. The molecule has 0 spiro atoms. The van der Waals surface area contributed by atoms with E-state index in [-0.39, 0.29) is 5.41 Å². The Morgan fingerprint density at radius 1 is 0.895 bits per heavy atom. The quantitative estimate of drug-likeness (QED) is 0.701. The number of rotatable bonds is 8. The van der Waals surface area contributed by atoms with Crippen LogP contribution in [-0.2, 0) is 12.0 Å². The summed E-state index contributed by atoms with van der Waals surface area (Å²) in [6, 6.07) is 8.99. The summed E-state index contributed by atoms with van der Waals surface area (Å²) in [7, 11) is 0. The summed E-state index contributed by atoms with van der Waals surface area (Å²) in [6.45, 7) is 13.2. The van der Waals surface area contributed by atoms with Crippen LogP contribution in [0.4, 0.5) is 0 Å². The molecule has 0 aliphatic heterocycles. The molecule has 0 radical (unpaired) electrons. The highest BCUT2D eigenvalue weighted by Crippen LogP contribution is 2.22. The Morgan fingerprint density at radius 2 is 1.47 bits per heavy atom. The van der Waals surface area contributed by atoms with E-state index in [0.717, 1.165) is 26.2 Å². The minimum atomic E-state index is 0.248. The molecule has 19 heavy (non-hydrogen) atoms. The van der Waals surface area contributed by atoms with Crippen molar-refractivity contribution in [2.45, 2.75) is 52.5 Å². The van der Waals surface area contributed by atoms with E-state index in [2.05, 4.69) is 62.6 Å². The lowest BCUT2D eigenvalue weighted by Crippen LogP contribution is -2.18. The minimum absolute atomic E-state index is 0.248. The number of hydrogen-bond acceptors (Lipinski definition) is 2. The molecule has 0 unspecified atom stereocenters. The van der Waals surface area contributed by atoms with E-state index in [1.807, 2.05) is 0 Å². The third-order valence-corrected chi connectivity index (χ3v) is 3.36. The van der Waals surface area contributed by atoms with Gasteiger partial charge >= 0.3 is 0 Å². The fraction of sp³-hybridized carbons (Fsp3) is 0.647. The van der Waals surface area contributed by atoms with Crippen LogP contribution in [0.25, 0.3) is 0 Å². The van der Waals surface area contributed by atoms with Crippen molar-refractivity contribution >= 4 is 0 Å². The van der Waals surface area contributed by atoms with E-state index in [1.165, 1.54) is 24.0 Å². The lowest BCUT2D eigenvalue weighted by atomic mass is 9.87. The molecule has 2 N–H and O–H groups in total. The number of unbranched alkanes of at least 4 members (excludes halogenated alkanes) is 1. The average molecular weight is 262 g/mol. The minimum Gasteiger partial charge on any atom is -0.317 e. The predicted molar refractivity (Wildman–Crippen MR) is 84.6 cm³/mol. The molecule has 0 aromatic heterocycles. The predicted octanol–water partition coefficient (Wildman–Crippen LogP) is 3.46. The molecule has 108 valence electrons. The van der Waals surface area contributed by atoms with Gasteiger partial charge in [-0.2, -0.15) is 0 Å². The molecular formula is C17H30N2. The topological polar surface area (TPSA) is 24.1 Å². The van der Waals surface area contributed by atoms with Crippen LogP contribution >= 0.6 is 0 Å². The number of hydrogen-bond donors (Lipinski definition) is 2. The molecule has 1 rings (SSSR count). The molecule has 0 fully saturated rings. The van der Waals surface area contributed by atoms with E-state index in [4.69, 9.17) is 0 Å². The maximum atomic E-state index is 3.51. The maximum Gasteiger partial charge on any atom is 0.0205 e. The van der Waals surface area contributed by atoms with Gasteiger partial charge in [0.25, 0.3) is 0 Å². The number of benzene rings is 1. The Bertz CT molecular complexity index is 335. The van der Waals surface area contributed by atoms with Crippen molar-refractivity contribution < 1.29 is 0 Å². The summed E-state index contributed by atoms with van der Waals surface area (Å²) >= 11 is 0. The summed E-state index contributed by atoms with van der Waals surface area (Å²) in [5, 5.41) is 6.86. The molecule has 0 aliphatic carbocycles. The third kappa shape index (κ3) is 6.74. The normalized spacial score (nSPS) is 11.8. The van der Waals surface area contributed by atoms with Crippen molar-refractivity contribution in [3.63, 3.8) is 0 Å². The van der Waals surface area contributed by atoms with Crippen molar-refractivity contribution in [3.05, 3.63) is 35.4 Å². The summed E-state index contributed by atoms with van der Waals surface area (Å²) in [6.07, 6.45) is 2.50. The van der Waals surface area contributed by atoms with Crippen molar-refractivity contribution in [2.24, 2.45) is 0 Å². The Morgan fingerprint density at radius 3 is 2.00 bits per heavy atom. The van der Waals surface area contributed by atoms with Crippen LogP contribution in [0.3, 0.4) is 0 Å². The SMILES string of the molecule is CCNCCCCNCc1ccc(C(C)(C)C)cc1. The molecule has 0 amide bonds. The smallest absolute Gasteiger partial charge is 0.0205 e. The van der Waals surface area contributed by atoms with Crippen LogP contribution < -0.4 is 10.6 Å². The molecule has 2 heteroatoms. The van der Waals surface area contributed by atoms with E-state index in [1.54, 1.807) is 0 Å². The Balaban J connectivity index is 2.20. The fourth-order valence-electron chi connectivity index (χ4n) is 2.03. The van der Waals surface area contributed by atoms with Crippen LogP contribution in [-0.4, -0.2) is 19.6 Å². The molecule has 0 bridgehead atoms. The summed E-state index contributed by atoms with van der Waals surface area (Å²) in [5.74, 6) is 0. The molecular weight excluding hydrogens is 232 g/mol. The zero-order valence-corrected chi connectivity index (χ0v) is 13.1. The first-order valence-corrected chi connectivity index (χ1v) is 7.55. The first kappa shape index (κ1) is 16.2. The van der Waals surface area contributed by atoms with Crippen LogP contribution in [0.1, 0.15) is 51.7 Å². The van der Waals surface area contributed by atoms with E-state index >= 15 is 0 Å². The van der Waals surface area contributed by atoms with Gasteiger partial charge in [0.15, 0.2) is 0 Å². The molecule has 0 heterocycles. The van der Waals surface area contributed by atoms with Gasteiger partial charge in [-0.25, -0.2) is 0 Å². The van der Waals surface area contributed by atoms with Crippen molar-refractivity contribution in [1.29, 1.82) is 0 Å². The highest BCUT2D eigenvalue weighted by atomic mass is 14.9. The molecule has 2 nitrogen and oxygen atoms in total. The Kier molecular flexibility index (Phi) is 7.11. The van der Waals surface area contributed by atoms with Gasteiger partial charge in [-0.1, -0.05) is 52.0 Å². The maximum absolute atomic E-state index is 3.51. The largest absolute Gasteiger partial charge is 0.317 e. The van der Waals surface area contributed by atoms with Gasteiger partial charge < -0.3 is 10.6 Å². The van der Waals surface area contributed by atoms with Gasteiger partial charge in [0, 0.05) is 6.54 Å². The second-order valence-corrected chi connectivity index (χ2v) is 6.18. The summed E-state index contributed by atoms with van der Waals surface area (Å²) in [5.41, 5.74) is 3.03. The molecule has 0 saturated carbocycles. The average Bonchev–Trinajstić information content (AvgIpc) is 2.37. The van der Waals surface area contributed by atoms with E-state index < -0.39 is 0 Å². The van der Waals surface area contributed by atoms with Crippen LogP contribution in [0.5, 0.6) is 0 Å². The molecule has 0 aliphatic rings. The first-order valence-electron chi connectivity index (χ1n) is 7.55. The van der Waals surface area contributed by atoms with E-state index in [9.17, 15) is 0 Å². The van der Waals surface area contributed by atoms with Crippen LogP contribution in [0.2, 0.25) is 0 Å². The molecule has 0 atom stereocenters. The van der Waals surface area contributed by atoms with Crippen molar-refractivity contribution in [1.82, 2.24) is 10.6 Å². The van der Waals surface area contributed by atoms with Gasteiger partial charge in [0.1, 0.15) is 0 Å². The third-order valence-electron chi connectivity index (χ3n) is 3.36. The van der Waals surface area contributed by atoms with Gasteiger partial charge in [-0.15, -0.1) is 0 Å². The number of nitrogens with one attached hydrogen (secondary N) is 2. The Labute approximate surface area is 119 Å². The van der Waals surface area contributed by atoms with Gasteiger partial charge in [-0.05, 0) is 49.0 Å².